The second kappa shape index (κ2) is 21.5. The number of likely N-dealkylation sites (tertiary alicyclic amines) is 1. The van der Waals surface area contributed by atoms with Crippen LogP contribution in [0.4, 0.5) is 11.4 Å². The molecule has 7 heterocycles. The number of piperidine rings is 1. The third kappa shape index (κ3) is 10.4. The summed E-state index contributed by atoms with van der Waals surface area (Å²) < 4.78 is 15.2. The van der Waals surface area contributed by atoms with Crippen molar-refractivity contribution in [1.29, 1.82) is 5.26 Å². The van der Waals surface area contributed by atoms with Crippen LogP contribution in [-0.2, 0) is 56.0 Å². The Bertz CT molecular complexity index is 3050. The highest BCUT2D eigenvalue weighted by molar-refractivity contribution is 6.13. The first kappa shape index (κ1) is 49.4. The van der Waals surface area contributed by atoms with Gasteiger partial charge in [-0.1, -0.05) is 36.8 Å². The summed E-state index contributed by atoms with van der Waals surface area (Å²) in [6.07, 6.45) is 9.88. The number of aromatic nitrogens is 3. The summed E-state index contributed by atoms with van der Waals surface area (Å²) in [5.74, 6) is 0.811. The van der Waals surface area contributed by atoms with Gasteiger partial charge in [0.05, 0.1) is 24.3 Å². The normalized spacial score (nSPS) is 17.2. The average Bonchev–Trinajstić information content (AvgIpc) is 3.88. The van der Waals surface area contributed by atoms with Crippen LogP contribution in [0.5, 0.6) is 11.6 Å². The fourth-order valence-electron chi connectivity index (χ4n) is 11.3. The van der Waals surface area contributed by atoms with E-state index in [1.165, 1.54) is 12.0 Å². The lowest BCUT2D eigenvalue weighted by molar-refractivity contribution is -0.131. The SMILES string of the molecule is Cc1c(N(C(=O)c2cc(-c3cc4c(cc3C(=O)N3Cc5ccccc5CC3CN3CCCCC3)CN(C(=O)Cc3ccc(OCCC5CCOCC5)nc3)CC4)n(C)c2C)c2ccc(O)cc2)cc(C#N)n1C. The molecule has 3 amide bonds. The number of carbonyl (C=O) groups excluding carboxylic acids is 3. The molecule has 3 aromatic heterocycles. The number of amides is 3. The Hall–Kier alpha value is -7.21. The molecule has 1 unspecified atom stereocenters. The number of nitriles is 1. The Labute approximate surface area is 428 Å². The molecule has 14 nitrogen and oxygen atoms in total. The zero-order valence-corrected chi connectivity index (χ0v) is 42.6. The zero-order valence-electron chi connectivity index (χ0n) is 42.6. The number of phenolic OH excluding ortho intramolecular Hbond substituents is 1. The molecule has 0 radical (unpaired) electrons. The monoisotopic (exact) mass is 983 g/mol. The molecule has 1 atom stereocenters. The van der Waals surface area contributed by atoms with Gasteiger partial charge < -0.3 is 38.4 Å². The van der Waals surface area contributed by atoms with E-state index in [-0.39, 0.29) is 35.9 Å². The van der Waals surface area contributed by atoms with Gasteiger partial charge in [-0.15, -0.1) is 0 Å². The Morgan fingerprint density at radius 2 is 1.60 bits per heavy atom. The van der Waals surface area contributed by atoms with Gasteiger partial charge in [-0.05, 0) is 154 Å². The first-order chi connectivity index (χ1) is 35.4. The first-order valence-electron chi connectivity index (χ1n) is 26.0. The summed E-state index contributed by atoms with van der Waals surface area (Å²) in [4.78, 5) is 57.7. The molecule has 378 valence electrons. The molecule has 14 heteroatoms. The van der Waals surface area contributed by atoms with Crippen molar-refractivity contribution in [2.45, 2.75) is 90.8 Å². The molecule has 4 aliphatic rings. The van der Waals surface area contributed by atoms with E-state index in [0.29, 0.717) is 84.0 Å². The summed E-state index contributed by atoms with van der Waals surface area (Å²) in [5.41, 5.74) is 10.5. The predicted octanol–water partition coefficient (Wildman–Crippen LogP) is 8.97. The zero-order chi connectivity index (χ0) is 50.8. The number of anilines is 2. The van der Waals surface area contributed by atoms with Crippen LogP contribution in [0.2, 0.25) is 0 Å². The lowest BCUT2D eigenvalue weighted by atomic mass is 9.89. The minimum absolute atomic E-state index is 0.0123. The number of phenols is 1. The van der Waals surface area contributed by atoms with Crippen LogP contribution >= 0.6 is 0 Å². The van der Waals surface area contributed by atoms with E-state index in [1.54, 1.807) is 53.0 Å². The second-order valence-corrected chi connectivity index (χ2v) is 20.4. The third-order valence-corrected chi connectivity index (χ3v) is 16.0. The van der Waals surface area contributed by atoms with E-state index in [0.717, 1.165) is 105 Å². The van der Waals surface area contributed by atoms with Gasteiger partial charge in [-0.3, -0.25) is 19.3 Å². The Kier molecular flexibility index (Phi) is 14.5. The molecule has 0 saturated carbocycles. The maximum atomic E-state index is 15.8. The number of rotatable bonds is 13. The van der Waals surface area contributed by atoms with E-state index < -0.39 is 0 Å². The van der Waals surface area contributed by atoms with Crippen LogP contribution in [0.25, 0.3) is 11.3 Å². The number of hydrogen-bond donors (Lipinski definition) is 1. The summed E-state index contributed by atoms with van der Waals surface area (Å²) >= 11 is 0. The van der Waals surface area contributed by atoms with Crippen molar-refractivity contribution in [3.8, 4) is 29.0 Å². The molecule has 73 heavy (non-hydrogen) atoms. The van der Waals surface area contributed by atoms with Crippen molar-refractivity contribution in [2.24, 2.45) is 20.0 Å². The van der Waals surface area contributed by atoms with Crippen molar-refractivity contribution >= 4 is 29.1 Å². The molecule has 1 N–H and O–H groups in total. The van der Waals surface area contributed by atoms with E-state index in [1.807, 2.05) is 60.7 Å². The van der Waals surface area contributed by atoms with Gasteiger partial charge in [-0.2, -0.15) is 5.26 Å². The largest absolute Gasteiger partial charge is 0.508 e. The molecule has 0 spiro atoms. The molecule has 10 rings (SSSR count). The number of ether oxygens (including phenoxy) is 2. The van der Waals surface area contributed by atoms with E-state index in [9.17, 15) is 15.2 Å². The Balaban J connectivity index is 0.986. The number of fused-ring (bicyclic) bond motifs is 2. The van der Waals surface area contributed by atoms with Crippen molar-refractivity contribution in [1.82, 2.24) is 28.8 Å². The average molecular weight is 983 g/mol. The van der Waals surface area contributed by atoms with Crippen molar-refractivity contribution in [3.05, 3.63) is 147 Å². The summed E-state index contributed by atoms with van der Waals surface area (Å²) in [7, 11) is 3.73. The minimum atomic E-state index is -0.319. The van der Waals surface area contributed by atoms with Crippen LogP contribution in [-0.4, -0.2) is 104 Å². The van der Waals surface area contributed by atoms with E-state index in [4.69, 9.17) is 9.47 Å². The highest BCUT2D eigenvalue weighted by Crippen LogP contribution is 2.39. The molecule has 0 aliphatic carbocycles. The predicted molar refractivity (Wildman–Crippen MR) is 280 cm³/mol. The van der Waals surface area contributed by atoms with Gasteiger partial charge in [0, 0.05) is 106 Å². The topological polar surface area (TPSA) is 149 Å². The minimum Gasteiger partial charge on any atom is -0.508 e. The molecule has 6 aromatic rings. The fourth-order valence-corrected chi connectivity index (χ4v) is 11.3. The van der Waals surface area contributed by atoms with E-state index >= 15 is 9.59 Å². The molecular weight excluding hydrogens is 917 g/mol. The Morgan fingerprint density at radius 3 is 2.33 bits per heavy atom. The standard InChI is InChI=1S/C59H66N8O6/c1-39-51(59(71)67(47-13-15-50(68)16-14-47)54-32-48(34-60)62(3)40(54)2)33-55(63(39)4)52-30-44-18-24-65(57(69)28-42-12-17-56(61-35-42)73-27-21-41-19-25-72-26-20-41)36-46(44)31-53(52)58(70)66-37-45-11-7-6-10-43(45)29-49(66)38-64-22-8-5-9-23-64/h6-7,10-17,30-33,35,41,49,68H,5,8-9,18-29,36-38H2,1-4H3. The molecular formula is C59H66N8O6. The lowest BCUT2D eigenvalue weighted by Crippen LogP contribution is -2.51. The molecule has 2 fully saturated rings. The number of carbonyl (C=O) groups is 3. The summed E-state index contributed by atoms with van der Waals surface area (Å²) in [6, 6.07) is 28.6. The van der Waals surface area contributed by atoms with Crippen LogP contribution in [0.3, 0.4) is 0 Å². The third-order valence-electron chi connectivity index (χ3n) is 16.0. The quantitative estimate of drug-likeness (QED) is 0.120. The molecule has 3 aromatic carbocycles. The maximum absolute atomic E-state index is 15.8. The maximum Gasteiger partial charge on any atom is 0.264 e. The molecule has 0 bridgehead atoms. The fraction of sp³-hybridized carbons (Fsp3) is 0.407. The van der Waals surface area contributed by atoms with Crippen LogP contribution < -0.4 is 9.64 Å². The molecule has 4 aliphatic heterocycles. The van der Waals surface area contributed by atoms with Crippen molar-refractivity contribution < 1.29 is 29.0 Å². The lowest BCUT2D eigenvalue weighted by Gasteiger charge is -2.41. The molecule has 2 saturated heterocycles. The Morgan fingerprint density at radius 1 is 0.836 bits per heavy atom. The van der Waals surface area contributed by atoms with Crippen LogP contribution in [0, 0.1) is 31.1 Å². The van der Waals surface area contributed by atoms with Gasteiger partial charge >= 0.3 is 0 Å². The number of nitrogens with zero attached hydrogens (tertiary/aromatic N) is 8. The highest BCUT2D eigenvalue weighted by Gasteiger charge is 2.36. The van der Waals surface area contributed by atoms with Crippen molar-refractivity contribution in [2.75, 3.05) is 50.9 Å². The van der Waals surface area contributed by atoms with Gasteiger partial charge in [-0.25, -0.2) is 4.98 Å². The van der Waals surface area contributed by atoms with Gasteiger partial charge in [0.15, 0.2) is 0 Å². The highest BCUT2D eigenvalue weighted by atomic mass is 16.5. The summed E-state index contributed by atoms with van der Waals surface area (Å²) in [6.45, 7) is 10.2. The van der Waals surface area contributed by atoms with E-state index in [2.05, 4.69) is 45.1 Å². The van der Waals surface area contributed by atoms with Gasteiger partial charge in [0.25, 0.3) is 11.8 Å². The van der Waals surface area contributed by atoms with Crippen LogP contribution in [0.1, 0.15) is 104 Å². The number of hydrogen-bond acceptors (Lipinski definition) is 9. The smallest absolute Gasteiger partial charge is 0.264 e. The van der Waals surface area contributed by atoms with Gasteiger partial charge in [0.2, 0.25) is 11.8 Å². The number of benzene rings is 3. The second-order valence-electron chi connectivity index (χ2n) is 20.4. The van der Waals surface area contributed by atoms with Gasteiger partial charge in [0.1, 0.15) is 17.5 Å². The number of pyridine rings is 1. The number of aromatic hydroxyl groups is 1. The first-order valence-corrected chi connectivity index (χ1v) is 26.0. The van der Waals surface area contributed by atoms with Crippen LogP contribution in [0.15, 0.2) is 91.1 Å². The summed E-state index contributed by atoms with van der Waals surface area (Å²) in [5, 5.41) is 20.3. The van der Waals surface area contributed by atoms with Crippen molar-refractivity contribution in [3.63, 3.8) is 0 Å².